The number of methoxy groups -OCH3 is 1. The van der Waals surface area contributed by atoms with Crippen LogP contribution in [0.4, 0.5) is 22.0 Å². The summed E-state index contributed by atoms with van der Waals surface area (Å²) in [6.07, 6.45) is -6.78. The van der Waals surface area contributed by atoms with Gasteiger partial charge in [0.2, 0.25) is 5.82 Å². The summed E-state index contributed by atoms with van der Waals surface area (Å²) >= 11 is 0. The number of nitrogens with zero attached hydrogens (tertiary/aromatic N) is 2. The molecule has 0 amide bonds. The zero-order valence-corrected chi connectivity index (χ0v) is 6.69. The number of alkyl halides is 3. The Labute approximate surface area is 74.5 Å². The van der Waals surface area contributed by atoms with E-state index in [-0.39, 0.29) is 0 Å². The van der Waals surface area contributed by atoms with Crippen LogP contribution in [0.1, 0.15) is 5.69 Å². The van der Waals surface area contributed by atoms with Gasteiger partial charge in [-0.3, -0.25) is 0 Å². The van der Waals surface area contributed by atoms with E-state index in [2.05, 4.69) is 14.7 Å². The molecule has 8 heteroatoms. The predicted molar refractivity (Wildman–Crippen MR) is 33.5 cm³/mol. The van der Waals surface area contributed by atoms with E-state index in [1.807, 2.05) is 0 Å². The van der Waals surface area contributed by atoms with E-state index >= 15 is 0 Å². The molecule has 1 aromatic heterocycles. The first-order valence-electron chi connectivity index (χ1n) is 3.20. The molecular formula is C6H3F5N2O. The third kappa shape index (κ3) is 1.88. The molecule has 0 saturated heterocycles. The second kappa shape index (κ2) is 3.35. The fraction of sp³-hybridized carbons (Fsp3) is 0.333. The quantitative estimate of drug-likeness (QED) is 0.528. The SMILES string of the molecule is COc1nc(F)nc(C(F)(F)F)c1F. The minimum atomic E-state index is -5.08. The maximum Gasteiger partial charge on any atom is 0.436 e. The molecule has 0 aromatic carbocycles. The van der Waals surface area contributed by atoms with Crippen LogP contribution < -0.4 is 4.74 Å². The van der Waals surface area contributed by atoms with Crippen molar-refractivity contribution in [1.29, 1.82) is 0 Å². The van der Waals surface area contributed by atoms with E-state index in [9.17, 15) is 22.0 Å². The molecule has 0 unspecified atom stereocenters. The zero-order valence-electron chi connectivity index (χ0n) is 6.69. The van der Waals surface area contributed by atoms with Gasteiger partial charge in [-0.1, -0.05) is 0 Å². The summed E-state index contributed by atoms with van der Waals surface area (Å²) in [5.41, 5.74) is -1.98. The molecule has 0 aliphatic rings. The molecule has 0 spiro atoms. The Kier molecular flexibility index (Phi) is 2.54. The number of halogens is 5. The van der Waals surface area contributed by atoms with Crippen LogP contribution in [0.15, 0.2) is 0 Å². The monoisotopic (exact) mass is 214 g/mol. The highest BCUT2D eigenvalue weighted by atomic mass is 19.4. The lowest BCUT2D eigenvalue weighted by molar-refractivity contribution is -0.144. The Morgan fingerprint density at radius 2 is 1.71 bits per heavy atom. The lowest BCUT2D eigenvalue weighted by Gasteiger charge is -2.08. The van der Waals surface area contributed by atoms with Gasteiger partial charge < -0.3 is 4.74 Å². The summed E-state index contributed by atoms with van der Waals surface area (Å²) in [5.74, 6) is -2.91. The summed E-state index contributed by atoms with van der Waals surface area (Å²) in [5, 5.41) is 0. The molecule has 0 fully saturated rings. The lowest BCUT2D eigenvalue weighted by atomic mass is 10.4. The summed E-state index contributed by atoms with van der Waals surface area (Å²) in [7, 11) is 0.866. The van der Waals surface area contributed by atoms with Crippen molar-refractivity contribution in [2.45, 2.75) is 6.18 Å². The minimum Gasteiger partial charge on any atom is -0.479 e. The van der Waals surface area contributed by atoms with Gasteiger partial charge in [0, 0.05) is 0 Å². The van der Waals surface area contributed by atoms with E-state index < -0.39 is 29.6 Å². The second-order valence-electron chi connectivity index (χ2n) is 2.16. The van der Waals surface area contributed by atoms with E-state index in [0.717, 1.165) is 7.11 Å². The molecule has 0 aliphatic carbocycles. The van der Waals surface area contributed by atoms with Crippen molar-refractivity contribution in [1.82, 2.24) is 9.97 Å². The van der Waals surface area contributed by atoms with Crippen molar-refractivity contribution in [2.24, 2.45) is 0 Å². The van der Waals surface area contributed by atoms with Crippen LogP contribution in [0.2, 0.25) is 0 Å². The highest BCUT2D eigenvalue weighted by Gasteiger charge is 2.39. The summed E-state index contributed by atoms with van der Waals surface area (Å²) in [6.45, 7) is 0. The van der Waals surface area contributed by atoms with Gasteiger partial charge >= 0.3 is 12.3 Å². The maximum atomic E-state index is 12.8. The minimum absolute atomic E-state index is 0.866. The number of hydrogen-bond donors (Lipinski definition) is 0. The molecule has 0 saturated carbocycles. The molecule has 0 aliphatic heterocycles. The van der Waals surface area contributed by atoms with Crippen LogP contribution in [-0.2, 0) is 6.18 Å². The van der Waals surface area contributed by atoms with Crippen LogP contribution in [0.5, 0.6) is 5.88 Å². The number of ether oxygens (including phenoxy) is 1. The zero-order chi connectivity index (χ0) is 10.9. The summed E-state index contributed by atoms with van der Waals surface area (Å²) in [4.78, 5) is 4.99. The Morgan fingerprint density at radius 1 is 1.14 bits per heavy atom. The standard InChI is InChI=1S/C6H3F5N2O/c1-14-4-2(7)3(6(9,10)11)12-5(8)13-4/h1H3. The smallest absolute Gasteiger partial charge is 0.436 e. The van der Waals surface area contributed by atoms with Crippen LogP contribution in [0.3, 0.4) is 0 Å². The third-order valence-electron chi connectivity index (χ3n) is 1.26. The normalized spacial score (nSPS) is 11.6. The third-order valence-corrected chi connectivity index (χ3v) is 1.26. The molecule has 0 atom stereocenters. The predicted octanol–water partition coefficient (Wildman–Crippen LogP) is 1.78. The van der Waals surface area contributed by atoms with Gasteiger partial charge in [-0.15, -0.1) is 0 Å². The van der Waals surface area contributed by atoms with Gasteiger partial charge in [0.15, 0.2) is 5.69 Å². The van der Waals surface area contributed by atoms with Crippen LogP contribution in [0, 0.1) is 11.9 Å². The van der Waals surface area contributed by atoms with Gasteiger partial charge in [-0.25, -0.2) is 0 Å². The van der Waals surface area contributed by atoms with Crippen molar-refractivity contribution >= 4 is 0 Å². The van der Waals surface area contributed by atoms with Crippen LogP contribution >= 0.6 is 0 Å². The molecular weight excluding hydrogens is 211 g/mol. The first kappa shape index (κ1) is 10.6. The Morgan fingerprint density at radius 3 is 2.14 bits per heavy atom. The molecule has 0 bridgehead atoms. The Hall–Kier alpha value is -1.47. The van der Waals surface area contributed by atoms with E-state index in [0.29, 0.717) is 0 Å². The van der Waals surface area contributed by atoms with Gasteiger partial charge in [0.05, 0.1) is 7.11 Å². The van der Waals surface area contributed by atoms with Gasteiger partial charge in [0.25, 0.3) is 5.88 Å². The van der Waals surface area contributed by atoms with E-state index in [4.69, 9.17) is 0 Å². The highest BCUT2D eigenvalue weighted by Crippen LogP contribution is 2.32. The summed E-state index contributed by atoms with van der Waals surface area (Å²) < 4.78 is 65.2. The number of aromatic nitrogens is 2. The fourth-order valence-corrected chi connectivity index (χ4v) is 0.724. The topological polar surface area (TPSA) is 35.0 Å². The molecule has 0 radical (unpaired) electrons. The lowest BCUT2D eigenvalue weighted by Crippen LogP contribution is -2.14. The molecule has 1 rings (SSSR count). The van der Waals surface area contributed by atoms with Crippen molar-refractivity contribution in [3.63, 3.8) is 0 Å². The van der Waals surface area contributed by atoms with Crippen molar-refractivity contribution in [3.8, 4) is 5.88 Å². The van der Waals surface area contributed by atoms with Crippen molar-refractivity contribution < 1.29 is 26.7 Å². The van der Waals surface area contributed by atoms with E-state index in [1.165, 1.54) is 0 Å². The van der Waals surface area contributed by atoms with Crippen molar-refractivity contribution in [2.75, 3.05) is 7.11 Å². The Balaban J connectivity index is 3.37. The molecule has 14 heavy (non-hydrogen) atoms. The average Bonchev–Trinajstić information content (AvgIpc) is 2.06. The number of hydrogen-bond acceptors (Lipinski definition) is 3. The largest absolute Gasteiger partial charge is 0.479 e. The van der Waals surface area contributed by atoms with Crippen molar-refractivity contribution in [3.05, 3.63) is 17.6 Å². The van der Waals surface area contributed by atoms with Gasteiger partial charge in [-0.05, 0) is 0 Å². The second-order valence-corrected chi connectivity index (χ2v) is 2.16. The molecule has 78 valence electrons. The first-order chi connectivity index (χ1) is 6.36. The molecule has 1 heterocycles. The molecule has 0 N–H and O–H groups in total. The Bertz CT molecular complexity index is 351. The maximum absolute atomic E-state index is 12.8. The summed E-state index contributed by atoms with van der Waals surface area (Å²) in [6, 6.07) is 0. The molecule has 3 nitrogen and oxygen atoms in total. The number of rotatable bonds is 1. The van der Waals surface area contributed by atoms with Gasteiger partial charge in [0.1, 0.15) is 0 Å². The average molecular weight is 214 g/mol. The fourth-order valence-electron chi connectivity index (χ4n) is 0.724. The van der Waals surface area contributed by atoms with Crippen LogP contribution in [0.25, 0.3) is 0 Å². The van der Waals surface area contributed by atoms with Gasteiger partial charge in [-0.2, -0.15) is 31.9 Å². The van der Waals surface area contributed by atoms with E-state index in [1.54, 1.807) is 0 Å². The highest BCUT2D eigenvalue weighted by molar-refractivity contribution is 5.19. The first-order valence-corrected chi connectivity index (χ1v) is 3.20. The molecule has 1 aromatic rings. The van der Waals surface area contributed by atoms with Crippen LogP contribution in [-0.4, -0.2) is 17.1 Å².